The van der Waals surface area contributed by atoms with E-state index < -0.39 is 0 Å². The molecule has 66 valence electrons. The van der Waals surface area contributed by atoms with Crippen LogP contribution in [0.4, 0.5) is 0 Å². The maximum absolute atomic E-state index is 5.47. The first kappa shape index (κ1) is 7.92. The van der Waals surface area contributed by atoms with E-state index in [4.69, 9.17) is 5.73 Å². The van der Waals surface area contributed by atoms with Gasteiger partial charge in [-0.15, -0.1) is 0 Å². The van der Waals surface area contributed by atoms with Crippen molar-refractivity contribution in [2.75, 3.05) is 6.54 Å². The lowest BCUT2D eigenvalue weighted by atomic mass is 9.89. The van der Waals surface area contributed by atoms with Crippen molar-refractivity contribution in [1.29, 1.82) is 0 Å². The molecule has 2 aliphatic rings. The molecule has 2 rings (SSSR count). The van der Waals surface area contributed by atoms with Crippen LogP contribution in [-0.2, 0) is 0 Å². The minimum absolute atomic E-state index is 0.404. The lowest BCUT2D eigenvalue weighted by molar-refractivity contribution is 0.617. The molecule has 2 aliphatic heterocycles. The Morgan fingerprint density at radius 2 is 2.08 bits per heavy atom. The van der Waals surface area contributed by atoms with Gasteiger partial charge in [0.1, 0.15) is 0 Å². The van der Waals surface area contributed by atoms with Gasteiger partial charge in [-0.25, -0.2) is 0 Å². The maximum Gasteiger partial charge on any atom is 0.0928 e. The van der Waals surface area contributed by atoms with Gasteiger partial charge in [0.2, 0.25) is 0 Å². The Hall–Kier alpha value is -0.700. The number of nitrogens with zero attached hydrogens (tertiary/aromatic N) is 2. The zero-order valence-corrected chi connectivity index (χ0v) is 7.45. The van der Waals surface area contributed by atoms with Crippen LogP contribution in [0.5, 0.6) is 0 Å². The van der Waals surface area contributed by atoms with Crippen molar-refractivity contribution in [1.82, 2.24) is 0 Å². The molecule has 0 aliphatic carbocycles. The predicted molar refractivity (Wildman–Crippen MR) is 51.0 cm³/mol. The molecule has 0 aromatic heterocycles. The highest BCUT2D eigenvalue weighted by Gasteiger charge is 2.31. The van der Waals surface area contributed by atoms with Gasteiger partial charge in [0.25, 0.3) is 0 Å². The molecule has 0 bridgehead atoms. The molecular weight excluding hydrogens is 150 g/mol. The van der Waals surface area contributed by atoms with Crippen LogP contribution >= 0.6 is 0 Å². The number of aliphatic imine (C=N–C) groups is 2. The first-order valence-electron chi connectivity index (χ1n) is 4.65. The number of hydrogen-bond acceptors (Lipinski definition) is 3. The molecule has 0 amide bonds. The van der Waals surface area contributed by atoms with Crippen LogP contribution < -0.4 is 5.73 Å². The summed E-state index contributed by atoms with van der Waals surface area (Å²) in [6.45, 7) is 2.85. The lowest BCUT2D eigenvalue weighted by Gasteiger charge is -2.32. The molecule has 0 aromatic carbocycles. The molecule has 2 unspecified atom stereocenters. The minimum atomic E-state index is 0.404. The summed E-state index contributed by atoms with van der Waals surface area (Å²) >= 11 is 0. The van der Waals surface area contributed by atoms with Crippen molar-refractivity contribution < 1.29 is 0 Å². The highest BCUT2D eigenvalue weighted by molar-refractivity contribution is 6.04. The van der Waals surface area contributed by atoms with Gasteiger partial charge in [-0.2, -0.15) is 0 Å². The Labute approximate surface area is 72.8 Å². The van der Waals surface area contributed by atoms with Crippen LogP contribution in [0.2, 0.25) is 0 Å². The number of nitrogens with two attached hydrogens (primary N) is 1. The molecule has 0 saturated heterocycles. The summed E-state index contributed by atoms with van der Waals surface area (Å²) in [4.78, 5) is 8.89. The summed E-state index contributed by atoms with van der Waals surface area (Å²) in [6.07, 6.45) is 3.33. The van der Waals surface area contributed by atoms with Crippen LogP contribution in [0.15, 0.2) is 9.98 Å². The van der Waals surface area contributed by atoms with Gasteiger partial charge in [0.05, 0.1) is 12.1 Å². The standard InChI is InChI=1S/C9H15N3/c1-2-6-3-8(11-6)9-4-7(5-10)12-9/h7-8H,2-5,10H2,1H3. The fourth-order valence-corrected chi connectivity index (χ4v) is 1.68. The van der Waals surface area contributed by atoms with Crippen molar-refractivity contribution in [3.8, 4) is 0 Å². The van der Waals surface area contributed by atoms with Gasteiger partial charge in [0, 0.05) is 30.8 Å². The Kier molecular flexibility index (Phi) is 1.97. The van der Waals surface area contributed by atoms with E-state index in [1.807, 2.05) is 0 Å². The Bertz CT molecular complexity index is 242. The molecule has 0 radical (unpaired) electrons. The molecule has 12 heavy (non-hydrogen) atoms. The summed E-state index contributed by atoms with van der Waals surface area (Å²) in [5.41, 5.74) is 8.09. The molecule has 3 heteroatoms. The molecule has 0 saturated carbocycles. The third-order valence-electron chi connectivity index (χ3n) is 2.63. The fourth-order valence-electron chi connectivity index (χ4n) is 1.68. The van der Waals surface area contributed by atoms with E-state index >= 15 is 0 Å². The van der Waals surface area contributed by atoms with Crippen LogP contribution in [0.3, 0.4) is 0 Å². The zero-order valence-electron chi connectivity index (χ0n) is 7.45. The van der Waals surface area contributed by atoms with Gasteiger partial charge >= 0.3 is 0 Å². The first-order chi connectivity index (χ1) is 5.83. The monoisotopic (exact) mass is 165 g/mol. The van der Waals surface area contributed by atoms with Crippen molar-refractivity contribution >= 4 is 11.4 Å². The van der Waals surface area contributed by atoms with E-state index in [0.717, 1.165) is 19.3 Å². The third kappa shape index (κ3) is 1.18. The summed E-state index contributed by atoms with van der Waals surface area (Å²) in [7, 11) is 0. The molecular formula is C9H15N3. The highest BCUT2D eigenvalue weighted by atomic mass is 15.0. The van der Waals surface area contributed by atoms with Gasteiger partial charge in [-0.3, -0.25) is 9.98 Å². The average Bonchev–Trinajstić information content (AvgIpc) is 1.91. The molecule has 0 aromatic rings. The van der Waals surface area contributed by atoms with Crippen LogP contribution in [-0.4, -0.2) is 30.1 Å². The summed E-state index contributed by atoms with van der Waals surface area (Å²) in [6, 6.07) is 0.837. The van der Waals surface area contributed by atoms with Gasteiger partial charge in [-0.05, 0) is 6.42 Å². The van der Waals surface area contributed by atoms with E-state index in [1.54, 1.807) is 0 Å². The molecule has 2 N–H and O–H groups in total. The van der Waals surface area contributed by atoms with Crippen molar-refractivity contribution in [3.63, 3.8) is 0 Å². The molecule has 2 heterocycles. The Morgan fingerprint density at radius 3 is 2.58 bits per heavy atom. The fraction of sp³-hybridized carbons (Fsp3) is 0.778. The van der Waals surface area contributed by atoms with Gasteiger partial charge in [-0.1, -0.05) is 6.92 Å². The minimum Gasteiger partial charge on any atom is -0.328 e. The van der Waals surface area contributed by atoms with Crippen LogP contribution in [0.1, 0.15) is 26.2 Å². The average molecular weight is 165 g/mol. The number of hydrogen-bond donors (Lipinski definition) is 1. The third-order valence-corrected chi connectivity index (χ3v) is 2.63. The Balaban J connectivity index is 1.88. The largest absolute Gasteiger partial charge is 0.328 e. The van der Waals surface area contributed by atoms with Crippen molar-refractivity contribution in [2.24, 2.45) is 15.7 Å². The van der Waals surface area contributed by atoms with Crippen molar-refractivity contribution in [3.05, 3.63) is 0 Å². The van der Waals surface area contributed by atoms with E-state index in [-0.39, 0.29) is 0 Å². The first-order valence-corrected chi connectivity index (χ1v) is 4.65. The summed E-state index contributed by atoms with van der Waals surface area (Å²) in [5.74, 6) is 0. The second-order valence-corrected chi connectivity index (χ2v) is 3.48. The summed E-state index contributed by atoms with van der Waals surface area (Å²) in [5, 5.41) is 0. The predicted octanol–water partition coefficient (Wildman–Crippen LogP) is 0.782. The second kappa shape index (κ2) is 2.98. The van der Waals surface area contributed by atoms with E-state index in [2.05, 4.69) is 16.9 Å². The molecule has 0 spiro atoms. The smallest absolute Gasteiger partial charge is 0.0928 e. The van der Waals surface area contributed by atoms with Crippen LogP contribution in [0, 0.1) is 0 Å². The van der Waals surface area contributed by atoms with E-state index in [9.17, 15) is 0 Å². The molecule has 0 fully saturated rings. The van der Waals surface area contributed by atoms with Crippen molar-refractivity contribution in [2.45, 2.75) is 38.3 Å². The Morgan fingerprint density at radius 1 is 1.42 bits per heavy atom. The quantitative estimate of drug-likeness (QED) is 0.660. The van der Waals surface area contributed by atoms with E-state index in [1.165, 1.54) is 11.4 Å². The lowest BCUT2D eigenvalue weighted by Crippen LogP contribution is -2.41. The normalized spacial score (nSPS) is 33.2. The van der Waals surface area contributed by atoms with Gasteiger partial charge in [0.15, 0.2) is 0 Å². The summed E-state index contributed by atoms with van der Waals surface area (Å²) < 4.78 is 0. The molecule has 3 nitrogen and oxygen atoms in total. The maximum atomic E-state index is 5.47. The van der Waals surface area contributed by atoms with Gasteiger partial charge < -0.3 is 5.73 Å². The highest BCUT2D eigenvalue weighted by Crippen LogP contribution is 2.24. The number of rotatable bonds is 3. The topological polar surface area (TPSA) is 50.7 Å². The van der Waals surface area contributed by atoms with Crippen LogP contribution in [0.25, 0.3) is 0 Å². The zero-order chi connectivity index (χ0) is 8.55. The second-order valence-electron chi connectivity index (χ2n) is 3.48. The molecule has 2 atom stereocenters. The SMILES string of the molecule is CCC1=NC(C2=NC(CN)C2)C1. The van der Waals surface area contributed by atoms with E-state index in [0.29, 0.717) is 18.6 Å².